The van der Waals surface area contributed by atoms with Crippen LogP contribution in [-0.4, -0.2) is 49.2 Å². The Kier molecular flexibility index (Phi) is 5.06. The van der Waals surface area contributed by atoms with Crippen molar-refractivity contribution in [3.63, 3.8) is 0 Å². The summed E-state index contributed by atoms with van der Waals surface area (Å²) in [4.78, 5) is 4.75. The fraction of sp³-hybridized carbons (Fsp3) is 0.556. The molecule has 26 heavy (non-hydrogen) atoms. The largest absolute Gasteiger partial charge is 0.381 e. The van der Waals surface area contributed by atoms with E-state index in [4.69, 9.17) is 9.26 Å². The molecule has 1 aliphatic carbocycles. The summed E-state index contributed by atoms with van der Waals surface area (Å²) < 4.78 is 37.8. The molecule has 1 unspecified atom stereocenters. The molecule has 0 N–H and O–H groups in total. The molecule has 0 amide bonds. The summed E-state index contributed by atoms with van der Waals surface area (Å²) in [6, 6.07) is 8.51. The Morgan fingerprint density at radius 1 is 1.19 bits per heavy atom. The predicted molar refractivity (Wildman–Crippen MR) is 94.1 cm³/mol. The van der Waals surface area contributed by atoms with Crippen LogP contribution in [0.25, 0.3) is 0 Å². The molecule has 2 heterocycles. The maximum atomic E-state index is 12.7. The number of rotatable bonds is 8. The zero-order chi connectivity index (χ0) is 18.0. The first-order valence-electron chi connectivity index (χ1n) is 9.08. The van der Waals surface area contributed by atoms with Crippen molar-refractivity contribution in [1.82, 2.24) is 14.4 Å². The first-order valence-corrected chi connectivity index (χ1v) is 10.5. The van der Waals surface area contributed by atoms with E-state index < -0.39 is 10.0 Å². The molecule has 2 fully saturated rings. The first kappa shape index (κ1) is 17.6. The van der Waals surface area contributed by atoms with Gasteiger partial charge < -0.3 is 9.26 Å². The summed E-state index contributed by atoms with van der Waals surface area (Å²) >= 11 is 0. The van der Waals surface area contributed by atoms with Crippen molar-refractivity contribution < 1.29 is 17.7 Å². The van der Waals surface area contributed by atoms with Crippen LogP contribution in [0.5, 0.6) is 0 Å². The summed E-state index contributed by atoms with van der Waals surface area (Å²) in [5, 5.41) is 4.00. The quantitative estimate of drug-likeness (QED) is 0.656. The van der Waals surface area contributed by atoms with Crippen molar-refractivity contribution in [3.8, 4) is 0 Å². The van der Waals surface area contributed by atoms with E-state index in [1.807, 2.05) is 0 Å². The highest BCUT2D eigenvalue weighted by Crippen LogP contribution is 2.30. The molecule has 1 saturated carbocycles. The number of hydrogen-bond donors (Lipinski definition) is 0. The second kappa shape index (κ2) is 7.46. The lowest BCUT2D eigenvalue weighted by molar-refractivity contribution is 0.125. The van der Waals surface area contributed by atoms with Gasteiger partial charge in [-0.1, -0.05) is 23.4 Å². The van der Waals surface area contributed by atoms with Crippen LogP contribution >= 0.6 is 0 Å². The summed E-state index contributed by atoms with van der Waals surface area (Å²) in [6.07, 6.45) is 3.85. The number of hydrogen-bond acceptors (Lipinski definition) is 6. The predicted octanol–water partition coefficient (Wildman–Crippen LogP) is 2.22. The molecule has 2 aliphatic rings. The SMILES string of the molecule is O=S(=O)(c1ccccc1)N1CCC(c2nc(CCOCC3CC3)no2)C1. The molecule has 8 heteroatoms. The van der Waals surface area contributed by atoms with E-state index in [-0.39, 0.29) is 5.92 Å². The van der Waals surface area contributed by atoms with E-state index in [1.165, 1.54) is 17.1 Å². The third-order valence-electron chi connectivity index (χ3n) is 4.89. The Labute approximate surface area is 153 Å². The normalized spacial score (nSPS) is 21.3. The van der Waals surface area contributed by atoms with Gasteiger partial charge in [-0.25, -0.2) is 8.42 Å². The minimum absolute atomic E-state index is 0.0536. The molecule has 0 radical (unpaired) electrons. The van der Waals surface area contributed by atoms with Crippen molar-refractivity contribution in [1.29, 1.82) is 0 Å². The van der Waals surface area contributed by atoms with Crippen molar-refractivity contribution in [2.24, 2.45) is 5.92 Å². The molecular weight excluding hydrogens is 354 g/mol. The van der Waals surface area contributed by atoms with Gasteiger partial charge in [0.1, 0.15) is 0 Å². The Bertz CT molecular complexity index is 833. The smallest absolute Gasteiger partial charge is 0.243 e. The van der Waals surface area contributed by atoms with E-state index in [9.17, 15) is 8.42 Å². The Hall–Kier alpha value is -1.77. The van der Waals surface area contributed by atoms with Crippen molar-refractivity contribution >= 4 is 10.0 Å². The van der Waals surface area contributed by atoms with E-state index in [0.717, 1.165) is 12.5 Å². The average Bonchev–Trinajstić information content (AvgIpc) is 3.14. The Morgan fingerprint density at radius 3 is 2.77 bits per heavy atom. The van der Waals surface area contributed by atoms with Gasteiger partial charge in [-0.15, -0.1) is 0 Å². The summed E-state index contributed by atoms with van der Waals surface area (Å²) in [7, 11) is -3.47. The fourth-order valence-corrected chi connectivity index (χ4v) is 4.64. The lowest BCUT2D eigenvalue weighted by Crippen LogP contribution is -2.28. The number of aromatic nitrogens is 2. The zero-order valence-corrected chi connectivity index (χ0v) is 15.4. The highest BCUT2D eigenvalue weighted by molar-refractivity contribution is 7.89. The number of ether oxygens (including phenoxy) is 1. The molecule has 1 atom stereocenters. The third kappa shape index (κ3) is 3.97. The lowest BCUT2D eigenvalue weighted by atomic mass is 10.1. The molecule has 0 spiro atoms. The molecular formula is C18H23N3O4S. The highest BCUT2D eigenvalue weighted by atomic mass is 32.2. The number of nitrogens with zero attached hydrogens (tertiary/aromatic N) is 3. The van der Waals surface area contributed by atoms with Crippen LogP contribution in [0.2, 0.25) is 0 Å². The number of benzene rings is 1. The van der Waals surface area contributed by atoms with Crippen molar-refractivity contribution in [2.45, 2.75) is 36.5 Å². The average molecular weight is 377 g/mol. The molecule has 2 aromatic rings. The van der Waals surface area contributed by atoms with E-state index >= 15 is 0 Å². The topological polar surface area (TPSA) is 85.5 Å². The molecule has 1 aromatic heterocycles. The van der Waals surface area contributed by atoms with Crippen LogP contribution in [0, 0.1) is 5.92 Å². The van der Waals surface area contributed by atoms with Gasteiger partial charge in [0.05, 0.1) is 17.4 Å². The fourth-order valence-electron chi connectivity index (χ4n) is 3.12. The van der Waals surface area contributed by atoms with E-state index in [0.29, 0.717) is 49.1 Å². The summed E-state index contributed by atoms with van der Waals surface area (Å²) in [5.74, 6) is 1.84. The van der Waals surface area contributed by atoms with Gasteiger partial charge in [-0.3, -0.25) is 0 Å². The summed E-state index contributed by atoms with van der Waals surface area (Å²) in [5.41, 5.74) is 0. The molecule has 0 bridgehead atoms. The maximum absolute atomic E-state index is 12.7. The van der Waals surface area contributed by atoms with Gasteiger partial charge in [-0.05, 0) is 37.3 Å². The maximum Gasteiger partial charge on any atom is 0.243 e. The molecule has 1 saturated heterocycles. The Morgan fingerprint density at radius 2 is 2.00 bits per heavy atom. The number of sulfonamides is 1. The minimum Gasteiger partial charge on any atom is -0.381 e. The first-order chi connectivity index (χ1) is 12.6. The second-order valence-corrected chi connectivity index (χ2v) is 8.92. The van der Waals surface area contributed by atoms with Gasteiger partial charge in [0.2, 0.25) is 15.9 Å². The third-order valence-corrected chi connectivity index (χ3v) is 6.76. The van der Waals surface area contributed by atoms with E-state index in [1.54, 1.807) is 30.3 Å². The second-order valence-electron chi connectivity index (χ2n) is 6.98. The monoisotopic (exact) mass is 377 g/mol. The molecule has 4 rings (SSSR count). The molecule has 140 valence electrons. The van der Waals surface area contributed by atoms with Gasteiger partial charge in [-0.2, -0.15) is 9.29 Å². The molecule has 7 nitrogen and oxygen atoms in total. The van der Waals surface area contributed by atoms with Crippen molar-refractivity contribution in [2.75, 3.05) is 26.3 Å². The van der Waals surface area contributed by atoms with Gasteiger partial charge in [0.25, 0.3) is 0 Å². The molecule has 1 aliphatic heterocycles. The minimum atomic E-state index is -3.47. The highest BCUT2D eigenvalue weighted by Gasteiger charge is 2.35. The van der Waals surface area contributed by atoms with Crippen LogP contribution in [0.1, 0.15) is 36.9 Å². The lowest BCUT2D eigenvalue weighted by Gasteiger charge is -2.15. The van der Waals surface area contributed by atoms with Crippen LogP contribution in [0.4, 0.5) is 0 Å². The van der Waals surface area contributed by atoms with Crippen LogP contribution < -0.4 is 0 Å². The van der Waals surface area contributed by atoms with Gasteiger partial charge in [0, 0.05) is 26.1 Å². The van der Waals surface area contributed by atoms with Gasteiger partial charge in [0.15, 0.2) is 5.82 Å². The van der Waals surface area contributed by atoms with Crippen LogP contribution in [0.15, 0.2) is 39.8 Å². The van der Waals surface area contributed by atoms with Crippen LogP contribution in [-0.2, 0) is 21.2 Å². The summed E-state index contributed by atoms with van der Waals surface area (Å²) in [6.45, 7) is 2.25. The zero-order valence-electron chi connectivity index (χ0n) is 14.6. The van der Waals surface area contributed by atoms with Crippen molar-refractivity contribution in [3.05, 3.63) is 42.0 Å². The standard InChI is InChI=1S/C18H23N3O4S/c22-26(23,16-4-2-1-3-5-16)21-10-8-15(12-21)18-19-17(20-25-18)9-11-24-13-14-6-7-14/h1-5,14-15H,6-13H2. The Balaban J connectivity index is 1.33. The van der Waals surface area contributed by atoms with E-state index in [2.05, 4.69) is 10.1 Å². The molecule has 1 aromatic carbocycles. The van der Waals surface area contributed by atoms with Crippen LogP contribution in [0.3, 0.4) is 0 Å². The van der Waals surface area contributed by atoms with Gasteiger partial charge >= 0.3 is 0 Å².